The molecule has 0 amide bonds. The van der Waals surface area contributed by atoms with Gasteiger partial charge < -0.3 is 15.4 Å². The summed E-state index contributed by atoms with van der Waals surface area (Å²) in [5, 5.41) is 13.5. The number of fused-ring (bicyclic) bond motifs is 1. The van der Waals surface area contributed by atoms with Crippen molar-refractivity contribution in [3.8, 4) is 11.4 Å². The number of hydrogen-bond acceptors (Lipinski definition) is 5. The van der Waals surface area contributed by atoms with Crippen LogP contribution in [0.15, 0.2) is 24.7 Å². The lowest BCUT2D eigenvalue weighted by Crippen LogP contribution is -2.31. The monoisotopic (exact) mass is 389 g/mol. The quantitative estimate of drug-likeness (QED) is 0.625. The Balaban J connectivity index is 1.63. The van der Waals surface area contributed by atoms with Gasteiger partial charge in [0.15, 0.2) is 17.5 Å². The number of carboxylic acids is 1. The Morgan fingerprint density at radius 2 is 2.19 bits per heavy atom. The molecule has 3 heterocycles. The Bertz CT molecular complexity index is 1010. The normalized spacial score (nSPS) is 19.9. The highest BCUT2D eigenvalue weighted by molar-refractivity contribution is 6.31. The summed E-state index contributed by atoms with van der Waals surface area (Å²) in [6.45, 7) is 0. The first kappa shape index (κ1) is 17.7. The Kier molecular flexibility index (Phi) is 4.65. The molecule has 0 saturated heterocycles. The average molecular weight is 390 g/mol. The van der Waals surface area contributed by atoms with Crippen molar-refractivity contribution in [2.24, 2.45) is 5.92 Å². The second kappa shape index (κ2) is 7.11. The molecule has 0 spiro atoms. The number of halogens is 2. The topological polar surface area (TPSA) is 104 Å². The first-order valence-electron chi connectivity index (χ1n) is 8.66. The maximum atomic E-state index is 14.3. The molecule has 0 radical (unpaired) electrons. The minimum Gasteiger partial charge on any atom is -0.481 e. The van der Waals surface area contributed by atoms with Gasteiger partial charge in [0.1, 0.15) is 5.65 Å². The van der Waals surface area contributed by atoms with Crippen LogP contribution in [-0.4, -0.2) is 37.1 Å². The Morgan fingerprint density at radius 1 is 1.33 bits per heavy atom. The second-order valence-electron chi connectivity index (χ2n) is 6.69. The molecule has 1 aliphatic carbocycles. The van der Waals surface area contributed by atoms with Gasteiger partial charge in [-0.05, 0) is 25.3 Å². The Morgan fingerprint density at radius 3 is 3.00 bits per heavy atom. The number of carboxylic acid groups (broad SMARTS) is 1. The van der Waals surface area contributed by atoms with Gasteiger partial charge in [0.25, 0.3) is 0 Å². The number of aromatic amines is 1. The summed E-state index contributed by atoms with van der Waals surface area (Å²) in [5.74, 6) is -1.40. The van der Waals surface area contributed by atoms with E-state index in [-0.39, 0.29) is 11.9 Å². The van der Waals surface area contributed by atoms with Crippen molar-refractivity contribution in [2.45, 2.75) is 31.7 Å². The number of nitrogens with one attached hydrogen (secondary N) is 2. The largest absolute Gasteiger partial charge is 0.481 e. The zero-order valence-corrected chi connectivity index (χ0v) is 15.0. The zero-order valence-electron chi connectivity index (χ0n) is 14.2. The Labute approximate surface area is 159 Å². The molecule has 1 saturated carbocycles. The van der Waals surface area contributed by atoms with Crippen molar-refractivity contribution in [1.82, 2.24) is 19.9 Å². The third kappa shape index (κ3) is 3.57. The van der Waals surface area contributed by atoms with Crippen LogP contribution < -0.4 is 5.32 Å². The van der Waals surface area contributed by atoms with Gasteiger partial charge in [0.05, 0.1) is 17.1 Å². The fourth-order valence-electron chi connectivity index (χ4n) is 3.50. The summed E-state index contributed by atoms with van der Waals surface area (Å²) < 4.78 is 14.3. The van der Waals surface area contributed by atoms with Gasteiger partial charge in [0, 0.05) is 29.4 Å². The van der Waals surface area contributed by atoms with Crippen LogP contribution in [-0.2, 0) is 4.79 Å². The van der Waals surface area contributed by atoms with Crippen LogP contribution in [0.3, 0.4) is 0 Å². The lowest BCUT2D eigenvalue weighted by atomic mass is 9.86. The molecule has 7 nitrogen and oxygen atoms in total. The fourth-order valence-corrected chi connectivity index (χ4v) is 3.66. The van der Waals surface area contributed by atoms with E-state index < -0.39 is 17.7 Å². The lowest BCUT2D eigenvalue weighted by Gasteiger charge is -2.27. The number of carbonyl (C=O) groups is 1. The fraction of sp³-hybridized carbons (Fsp3) is 0.333. The highest BCUT2D eigenvalue weighted by Crippen LogP contribution is 2.30. The Hall–Kier alpha value is -2.74. The van der Waals surface area contributed by atoms with E-state index in [0.717, 1.165) is 24.4 Å². The van der Waals surface area contributed by atoms with Crippen molar-refractivity contribution in [3.63, 3.8) is 0 Å². The minimum absolute atomic E-state index is 0.0698. The summed E-state index contributed by atoms with van der Waals surface area (Å²) in [7, 11) is 0. The number of nitrogens with zero attached hydrogens (tertiary/aromatic N) is 3. The van der Waals surface area contributed by atoms with E-state index in [9.17, 15) is 14.3 Å². The van der Waals surface area contributed by atoms with Crippen LogP contribution in [0.1, 0.15) is 25.7 Å². The number of hydrogen-bond donors (Lipinski definition) is 3. The standard InChI is InChI=1S/C18H17ClFN5O2/c19-10-5-12-13(7-22-15(12)21-6-10)16-23-8-14(20)17(25-16)24-11-3-1-2-9(4-11)18(26)27/h5-9,11H,1-4H2,(H,21,22)(H,26,27)(H,23,24,25)/t9-,11+/m1/s1. The molecule has 0 aromatic carbocycles. The first-order chi connectivity index (χ1) is 13.0. The molecule has 9 heteroatoms. The van der Waals surface area contributed by atoms with Crippen LogP contribution in [0.4, 0.5) is 10.2 Å². The number of rotatable bonds is 4. The van der Waals surface area contributed by atoms with E-state index in [2.05, 4.69) is 25.3 Å². The molecule has 3 aromatic rings. The highest BCUT2D eigenvalue weighted by atomic mass is 35.5. The number of aromatic nitrogens is 4. The van der Waals surface area contributed by atoms with Crippen LogP contribution in [0, 0.1) is 11.7 Å². The molecule has 3 N–H and O–H groups in total. The molecule has 140 valence electrons. The molecule has 0 aliphatic heterocycles. The third-order valence-corrected chi connectivity index (χ3v) is 5.05. The number of aliphatic carboxylic acids is 1. The minimum atomic E-state index is -0.812. The molecule has 0 unspecified atom stereocenters. The van der Waals surface area contributed by atoms with Crippen LogP contribution in [0.2, 0.25) is 5.02 Å². The molecular formula is C18H17ClFN5O2. The molecule has 2 atom stereocenters. The highest BCUT2D eigenvalue weighted by Gasteiger charge is 2.27. The lowest BCUT2D eigenvalue weighted by molar-refractivity contribution is -0.142. The SMILES string of the molecule is O=C(O)[C@@H]1CCC[C@H](Nc2nc(-c3c[nH]c4ncc(Cl)cc34)ncc2F)C1. The molecule has 0 bridgehead atoms. The van der Waals surface area contributed by atoms with Crippen molar-refractivity contribution < 1.29 is 14.3 Å². The molecule has 3 aromatic heterocycles. The number of H-pyrrole nitrogens is 1. The van der Waals surface area contributed by atoms with Gasteiger partial charge in [-0.2, -0.15) is 0 Å². The zero-order chi connectivity index (χ0) is 19.0. The van der Waals surface area contributed by atoms with Crippen molar-refractivity contribution in [1.29, 1.82) is 0 Å². The summed E-state index contributed by atoms with van der Waals surface area (Å²) in [6, 6.07) is 1.60. The summed E-state index contributed by atoms with van der Waals surface area (Å²) in [6.07, 6.45) is 6.99. The van der Waals surface area contributed by atoms with Crippen LogP contribution in [0.5, 0.6) is 0 Å². The van der Waals surface area contributed by atoms with E-state index in [0.29, 0.717) is 34.9 Å². The van der Waals surface area contributed by atoms with Crippen molar-refractivity contribution in [2.75, 3.05) is 5.32 Å². The predicted molar refractivity (Wildman–Crippen MR) is 99.1 cm³/mol. The van der Waals surface area contributed by atoms with Gasteiger partial charge in [-0.15, -0.1) is 0 Å². The van der Waals surface area contributed by atoms with E-state index in [1.54, 1.807) is 12.3 Å². The molecule has 1 fully saturated rings. The van der Waals surface area contributed by atoms with E-state index >= 15 is 0 Å². The van der Waals surface area contributed by atoms with Gasteiger partial charge >= 0.3 is 5.97 Å². The van der Waals surface area contributed by atoms with Crippen molar-refractivity contribution >= 4 is 34.4 Å². The molecule has 27 heavy (non-hydrogen) atoms. The van der Waals surface area contributed by atoms with E-state index in [1.807, 2.05) is 0 Å². The average Bonchev–Trinajstić information content (AvgIpc) is 3.07. The second-order valence-corrected chi connectivity index (χ2v) is 7.12. The van der Waals surface area contributed by atoms with Gasteiger partial charge in [0.2, 0.25) is 0 Å². The van der Waals surface area contributed by atoms with Gasteiger partial charge in [-0.25, -0.2) is 19.3 Å². The number of pyridine rings is 1. The third-order valence-electron chi connectivity index (χ3n) is 4.85. The van der Waals surface area contributed by atoms with Crippen molar-refractivity contribution in [3.05, 3.63) is 35.5 Å². The van der Waals surface area contributed by atoms with Gasteiger partial charge in [-0.1, -0.05) is 18.0 Å². The van der Waals surface area contributed by atoms with E-state index in [1.165, 1.54) is 6.20 Å². The maximum absolute atomic E-state index is 14.3. The predicted octanol–water partition coefficient (Wildman–Crippen LogP) is 3.87. The summed E-state index contributed by atoms with van der Waals surface area (Å²) in [5.41, 5.74) is 1.29. The maximum Gasteiger partial charge on any atom is 0.306 e. The molecular weight excluding hydrogens is 373 g/mol. The van der Waals surface area contributed by atoms with Gasteiger partial charge in [-0.3, -0.25) is 4.79 Å². The molecule has 1 aliphatic rings. The van der Waals surface area contributed by atoms with Crippen LogP contribution >= 0.6 is 11.6 Å². The summed E-state index contributed by atoms with van der Waals surface area (Å²) in [4.78, 5) is 26.9. The molecule has 4 rings (SSSR count). The smallest absolute Gasteiger partial charge is 0.306 e. The van der Waals surface area contributed by atoms with E-state index in [4.69, 9.17) is 11.6 Å². The first-order valence-corrected chi connectivity index (χ1v) is 9.04. The van der Waals surface area contributed by atoms with Crippen LogP contribution in [0.25, 0.3) is 22.4 Å². The summed E-state index contributed by atoms with van der Waals surface area (Å²) >= 11 is 6.02. The number of anilines is 1.